The largest absolute Gasteiger partial charge is 0.356 e. The number of imidazole rings is 2. The number of aromatic nitrogens is 4. The average molecular weight is 233 g/mol. The van der Waals surface area contributed by atoms with E-state index in [0.29, 0.717) is 19.5 Å². The monoisotopic (exact) mass is 233 g/mol. The van der Waals surface area contributed by atoms with Crippen LogP contribution in [0.4, 0.5) is 0 Å². The Morgan fingerprint density at radius 3 is 3.12 bits per heavy atom. The molecule has 2 aromatic heterocycles. The Morgan fingerprint density at radius 2 is 2.41 bits per heavy atom. The lowest BCUT2D eigenvalue weighted by Gasteiger charge is -2.04. The van der Waals surface area contributed by atoms with Crippen molar-refractivity contribution >= 4 is 5.91 Å². The first-order valence-corrected chi connectivity index (χ1v) is 5.55. The normalized spacial score (nSPS) is 10.4. The van der Waals surface area contributed by atoms with E-state index in [2.05, 4.69) is 20.3 Å². The fourth-order valence-electron chi connectivity index (χ4n) is 1.49. The Hall–Kier alpha value is -2.11. The second-order valence-corrected chi connectivity index (χ2v) is 3.69. The fraction of sp³-hybridized carbons (Fsp3) is 0.364. The van der Waals surface area contributed by atoms with E-state index in [-0.39, 0.29) is 5.91 Å². The van der Waals surface area contributed by atoms with Gasteiger partial charge in [0.05, 0.1) is 6.33 Å². The van der Waals surface area contributed by atoms with Gasteiger partial charge in [-0.3, -0.25) is 4.79 Å². The lowest BCUT2D eigenvalue weighted by molar-refractivity contribution is -0.121. The summed E-state index contributed by atoms with van der Waals surface area (Å²) in [4.78, 5) is 22.5. The Bertz CT molecular complexity index is 434. The van der Waals surface area contributed by atoms with E-state index in [1.807, 2.05) is 10.8 Å². The number of carbonyl (C=O) groups is 1. The number of aromatic amines is 1. The molecule has 0 aliphatic rings. The highest BCUT2D eigenvalue weighted by Gasteiger charge is 2.01. The molecule has 0 bridgehead atoms. The molecule has 2 aromatic rings. The van der Waals surface area contributed by atoms with Crippen LogP contribution >= 0.6 is 0 Å². The molecule has 2 rings (SSSR count). The van der Waals surface area contributed by atoms with Gasteiger partial charge in [-0.2, -0.15) is 0 Å². The van der Waals surface area contributed by atoms with E-state index < -0.39 is 0 Å². The third kappa shape index (κ3) is 3.75. The van der Waals surface area contributed by atoms with Gasteiger partial charge in [0.2, 0.25) is 5.91 Å². The van der Waals surface area contributed by atoms with Gasteiger partial charge < -0.3 is 14.9 Å². The van der Waals surface area contributed by atoms with Gasteiger partial charge in [0, 0.05) is 50.7 Å². The molecule has 2 N–H and O–H groups in total. The number of aryl methyl sites for hydroxylation is 1. The van der Waals surface area contributed by atoms with Crippen molar-refractivity contribution in [3.63, 3.8) is 0 Å². The van der Waals surface area contributed by atoms with Gasteiger partial charge >= 0.3 is 0 Å². The van der Waals surface area contributed by atoms with Crippen molar-refractivity contribution < 1.29 is 4.79 Å². The summed E-state index contributed by atoms with van der Waals surface area (Å²) in [5.41, 5.74) is 0. The average Bonchev–Trinajstić information content (AvgIpc) is 2.99. The van der Waals surface area contributed by atoms with Crippen LogP contribution < -0.4 is 5.32 Å². The third-order valence-electron chi connectivity index (χ3n) is 2.40. The van der Waals surface area contributed by atoms with Crippen LogP contribution in [0, 0.1) is 0 Å². The summed E-state index contributed by atoms with van der Waals surface area (Å²) in [7, 11) is 0. The van der Waals surface area contributed by atoms with Crippen molar-refractivity contribution in [1.82, 2.24) is 24.8 Å². The van der Waals surface area contributed by atoms with Crippen LogP contribution in [-0.4, -0.2) is 32.0 Å². The van der Waals surface area contributed by atoms with Crippen LogP contribution in [0.25, 0.3) is 0 Å². The van der Waals surface area contributed by atoms with Gasteiger partial charge in [0.25, 0.3) is 0 Å². The number of hydrogen-bond donors (Lipinski definition) is 2. The molecule has 0 saturated carbocycles. The molecule has 0 aromatic carbocycles. The summed E-state index contributed by atoms with van der Waals surface area (Å²) < 4.78 is 1.88. The predicted octanol–water partition coefficient (Wildman–Crippen LogP) is 0.355. The highest BCUT2D eigenvalue weighted by molar-refractivity contribution is 5.75. The smallest absolute Gasteiger partial charge is 0.221 e. The summed E-state index contributed by atoms with van der Waals surface area (Å²) in [6.45, 7) is 1.27. The number of carbonyl (C=O) groups excluding carboxylic acids is 1. The van der Waals surface area contributed by atoms with E-state index in [4.69, 9.17) is 0 Å². The summed E-state index contributed by atoms with van der Waals surface area (Å²) in [5.74, 6) is 0.935. The summed E-state index contributed by atoms with van der Waals surface area (Å²) in [5, 5.41) is 2.85. The zero-order chi connectivity index (χ0) is 11.9. The Morgan fingerprint density at radius 1 is 1.47 bits per heavy atom. The molecule has 0 spiro atoms. The predicted molar refractivity (Wildman–Crippen MR) is 62.1 cm³/mol. The third-order valence-corrected chi connectivity index (χ3v) is 2.40. The molecule has 17 heavy (non-hydrogen) atoms. The Labute approximate surface area is 99.1 Å². The first kappa shape index (κ1) is 11.4. The molecule has 0 aliphatic carbocycles. The highest BCUT2D eigenvalue weighted by Crippen LogP contribution is 1.92. The number of H-pyrrole nitrogens is 1. The molecule has 0 unspecified atom stereocenters. The van der Waals surface area contributed by atoms with Crippen LogP contribution in [-0.2, 0) is 17.8 Å². The standard InChI is InChI=1S/C11H15N5O/c17-11(2-7-16-8-6-12-9-16)15-3-1-10-13-4-5-14-10/h4-6,8-9H,1-3,7H2,(H,13,14)(H,15,17). The summed E-state index contributed by atoms with van der Waals surface area (Å²) in [6.07, 6.45) is 9.92. The van der Waals surface area contributed by atoms with Crippen LogP contribution in [0.1, 0.15) is 12.2 Å². The van der Waals surface area contributed by atoms with Gasteiger partial charge in [-0.25, -0.2) is 9.97 Å². The number of rotatable bonds is 6. The summed E-state index contributed by atoms with van der Waals surface area (Å²) >= 11 is 0. The fourth-order valence-corrected chi connectivity index (χ4v) is 1.49. The lowest BCUT2D eigenvalue weighted by Crippen LogP contribution is -2.26. The molecular formula is C11H15N5O. The zero-order valence-corrected chi connectivity index (χ0v) is 9.47. The lowest BCUT2D eigenvalue weighted by atomic mass is 10.3. The number of nitrogens with zero attached hydrogens (tertiary/aromatic N) is 3. The topological polar surface area (TPSA) is 75.6 Å². The second kappa shape index (κ2) is 5.83. The van der Waals surface area contributed by atoms with Crippen LogP contribution in [0.2, 0.25) is 0 Å². The highest BCUT2D eigenvalue weighted by atomic mass is 16.1. The molecule has 6 heteroatoms. The molecule has 0 aliphatic heterocycles. The first-order chi connectivity index (χ1) is 8.34. The molecule has 90 valence electrons. The number of nitrogens with one attached hydrogen (secondary N) is 2. The minimum absolute atomic E-state index is 0.0465. The minimum Gasteiger partial charge on any atom is -0.356 e. The van der Waals surface area contributed by atoms with Crippen molar-refractivity contribution in [3.05, 3.63) is 36.9 Å². The molecule has 0 saturated heterocycles. The van der Waals surface area contributed by atoms with Crippen molar-refractivity contribution in [2.45, 2.75) is 19.4 Å². The maximum atomic E-state index is 11.5. The van der Waals surface area contributed by atoms with Crippen molar-refractivity contribution in [1.29, 1.82) is 0 Å². The molecule has 1 amide bonds. The van der Waals surface area contributed by atoms with E-state index in [1.165, 1.54) is 0 Å². The maximum absolute atomic E-state index is 11.5. The van der Waals surface area contributed by atoms with Crippen molar-refractivity contribution in [2.24, 2.45) is 0 Å². The maximum Gasteiger partial charge on any atom is 0.221 e. The first-order valence-electron chi connectivity index (χ1n) is 5.55. The molecular weight excluding hydrogens is 218 g/mol. The second-order valence-electron chi connectivity index (χ2n) is 3.69. The number of hydrogen-bond acceptors (Lipinski definition) is 3. The van der Waals surface area contributed by atoms with Crippen LogP contribution in [0.5, 0.6) is 0 Å². The van der Waals surface area contributed by atoms with E-state index in [1.54, 1.807) is 24.9 Å². The van der Waals surface area contributed by atoms with Crippen LogP contribution in [0.15, 0.2) is 31.1 Å². The molecule has 2 heterocycles. The zero-order valence-electron chi connectivity index (χ0n) is 9.47. The van der Waals surface area contributed by atoms with Gasteiger partial charge in [0.15, 0.2) is 0 Å². The number of amides is 1. The minimum atomic E-state index is 0.0465. The Balaban J connectivity index is 1.61. The molecule has 0 atom stereocenters. The molecule has 0 radical (unpaired) electrons. The van der Waals surface area contributed by atoms with Gasteiger partial charge in [0.1, 0.15) is 5.82 Å². The Kier molecular flexibility index (Phi) is 3.90. The van der Waals surface area contributed by atoms with Crippen LogP contribution in [0.3, 0.4) is 0 Å². The molecule has 6 nitrogen and oxygen atoms in total. The SMILES string of the molecule is O=C(CCn1ccnc1)NCCc1ncc[nH]1. The van der Waals surface area contributed by atoms with Gasteiger partial charge in [-0.1, -0.05) is 0 Å². The summed E-state index contributed by atoms with van der Waals surface area (Å²) in [6, 6.07) is 0. The van der Waals surface area contributed by atoms with Crippen molar-refractivity contribution in [3.8, 4) is 0 Å². The van der Waals surface area contributed by atoms with E-state index in [0.717, 1.165) is 12.2 Å². The van der Waals surface area contributed by atoms with E-state index in [9.17, 15) is 4.79 Å². The van der Waals surface area contributed by atoms with Gasteiger partial charge in [-0.15, -0.1) is 0 Å². The van der Waals surface area contributed by atoms with E-state index >= 15 is 0 Å². The van der Waals surface area contributed by atoms with Crippen molar-refractivity contribution in [2.75, 3.05) is 6.54 Å². The van der Waals surface area contributed by atoms with Gasteiger partial charge in [-0.05, 0) is 0 Å². The molecule has 0 fully saturated rings. The quantitative estimate of drug-likeness (QED) is 0.756.